The van der Waals surface area contributed by atoms with E-state index in [1.807, 2.05) is 10.7 Å². The van der Waals surface area contributed by atoms with Gasteiger partial charge in [-0.25, -0.2) is 9.67 Å². The molecule has 112 valence electrons. The van der Waals surface area contributed by atoms with Crippen LogP contribution in [0, 0.1) is 5.41 Å². The molecule has 0 aliphatic heterocycles. The third kappa shape index (κ3) is 3.43. The molecule has 1 unspecified atom stereocenters. The highest BCUT2D eigenvalue weighted by atomic mass is 15.3. The first-order chi connectivity index (χ1) is 10.1. The molecule has 4 nitrogen and oxygen atoms in total. The average molecular weight is 284 g/mol. The van der Waals surface area contributed by atoms with Gasteiger partial charge in [0.05, 0.1) is 11.4 Å². The van der Waals surface area contributed by atoms with Crippen LogP contribution in [0.15, 0.2) is 36.9 Å². The molecule has 2 aromatic rings. The van der Waals surface area contributed by atoms with Gasteiger partial charge in [0.1, 0.15) is 12.7 Å². The summed E-state index contributed by atoms with van der Waals surface area (Å²) in [7, 11) is 0. The van der Waals surface area contributed by atoms with Gasteiger partial charge in [-0.15, -0.1) is 0 Å². The molecule has 1 N–H and O–H groups in total. The number of hydrogen-bond acceptors (Lipinski definition) is 3. The first-order valence-corrected chi connectivity index (χ1v) is 7.85. The Hall–Kier alpha value is -1.84. The van der Waals surface area contributed by atoms with Gasteiger partial charge in [-0.05, 0) is 43.2 Å². The summed E-state index contributed by atoms with van der Waals surface area (Å²) in [6.07, 6.45) is 9.72. The molecule has 1 saturated carbocycles. The maximum atomic E-state index is 4.25. The largest absolute Gasteiger partial charge is 0.381 e. The molecule has 0 bridgehead atoms. The number of para-hydroxylation sites is 2. The molecule has 1 aromatic carbocycles. The Morgan fingerprint density at radius 1 is 1.19 bits per heavy atom. The van der Waals surface area contributed by atoms with Crippen LogP contribution in [0.3, 0.4) is 0 Å². The summed E-state index contributed by atoms with van der Waals surface area (Å²) in [5, 5.41) is 7.97. The van der Waals surface area contributed by atoms with Crippen molar-refractivity contribution in [2.75, 3.05) is 5.32 Å². The normalized spacial score (nSPS) is 21.7. The molecule has 1 aromatic heterocycles. The van der Waals surface area contributed by atoms with Crippen LogP contribution in [0.5, 0.6) is 0 Å². The number of hydrogen-bond donors (Lipinski definition) is 1. The second-order valence-corrected chi connectivity index (χ2v) is 6.79. The smallest absolute Gasteiger partial charge is 0.138 e. The van der Waals surface area contributed by atoms with E-state index in [4.69, 9.17) is 0 Å². The summed E-state index contributed by atoms with van der Waals surface area (Å²) < 4.78 is 1.82. The number of rotatable bonds is 3. The minimum atomic E-state index is 0.488. The third-order valence-electron chi connectivity index (χ3n) is 4.50. The van der Waals surface area contributed by atoms with E-state index >= 15 is 0 Å². The zero-order chi connectivity index (χ0) is 14.7. The van der Waals surface area contributed by atoms with Crippen molar-refractivity contribution in [3.63, 3.8) is 0 Å². The van der Waals surface area contributed by atoms with Crippen LogP contribution in [-0.4, -0.2) is 20.8 Å². The zero-order valence-corrected chi connectivity index (χ0v) is 12.9. The van der Waals surface area contributed by atoms with Crippen molar-refractivity contribution in [1.82, 2.24) is 14.8 Å². The first-order valence-electron chi connectivity index (χ1n) is 7.85. The van der Waals surface area contributed by atoms with Crippen LogP contribution in [0.25, 0.3) is 5.69 Å². The highest BCUT2D eigenvalue weighted by Crippen LogP contribution is 2.35. The standard InChI is InChI=1S/C17H24N4/c1-17(2)10-5-6-14(9-11-17)20-15-7-3-4-8-16(15)21-13-18-12-19-21/h3-4,7-8,12-14,20H,5-6,9-11H2,1-2H3. The lowest BCUT2D eigenvalue weighted by atomic mass is 9.85. The Kier molecular flexibility index (Phi) is 3.95. The lowest BCUT2D eigenvalue weighted by Crippen LogP contribution is -2.20. The van der Waals surface area contributed by atoms with Crippen molar-refractivity contribution in [2.24, 2.45) is 5.41 Å². The SMILES string of the molecule is CC1(C)CCCC(Nc2ccccc2-n2cncn2)CC1. The molecule has 1 aliphatic carbocycles. The highest BCUT2D eigenvalue weighted by Gasteiger charge is 2.24. The van der Waals surface area contributed by atoms with Gasteiger partial charge in [0, 0.05) is 6.04 Å². The van der Waals surface area contributed by atoms with Gasteiger partial charge >= 0.3 is 0 Å². The van der Waals surface area contributed by atoms with Crippen LogP contribution >= 0.6 is 0 Å². The highest BCUT2D eigenvalue weighted by molar-refractivity contribution is 5.60. The molecule has 0 amide bonds. The molecule has 1 atom stereocenters. The molecule has 0 radical (unpaired) electrons. The third-order valence-corrected chi connectivity index (χ3v) is 4.50. The fourth-order valence-electron chi connectivity index (χ4n) is 3.15. The molecule has 4 heteroatoms. The Morgan fingerprint density at radius 3 is 2.86 bits per heavy atom. The quantitative estimate of drug-likeness (QED) is 0.865. The Bertz CT molecular complexity index is 574. The van der Waals surface area contributed by atoms with E-state index in [0.717, 1.165) is 11.4 Å². The molecule has 1 heterocycles. The molecule has 3 rings (SSSR count). The van der Waals surface area contributed by atoms with Crippen molar-refractivity contribution in [3.05, 3.63) is 36.9 Å². The minimum Gasteiger partial charge on any atom is -0.381 e. The van der Waals surface area contributed by atoms with Crippen LogP contribution in [0.4, 0.5) is 5.69 Å². The maximum Gasteiger partial charge on any atom is 0.138 e. The second-order valence-electron chi connectivity index (χ2n) is 6.79. The van der Waals surface area contributed by atoms with Gasteiger partial charge < -0.3 is 5.32 Å². The van der Waals surface area contributed by atoms with Gasteiger partial charge in [0.25, 0.3) is 0 Å². The van der Waals surface area contributed by atoms with Gasteiger partial charge in [-0.3, -0.25) is 0 Å². The summed E-state index contributed by atoms with van der Waals surface area (Å²) in [6.45, 7) is 4.78. The maximum absolute atomic E-state index is 4.25. The Balaban J connectivity index is 1.76. The molecule has 0 spiro atoms. The molecule has 21 heavy (non-hydrogen) atoms. The summed E-state index contributed by atoms with van der Waals surface area (Å²) in [6, 6.07) is 8.88. The van der Waals surface area contributed by atoms with Crippen molar-refractivity contribution < 1.29 is 0 Å². The van der Waals surface area contributed by atoms with Crippen molar-refractivity contribution in [2.45, 2.75) is 52.0 Å². The number of anilines is 1. The lowest BCUT2D eigenvalue weighted by Gasteiger charge is -2.23. The molecular formula is C17H24N4. The Labute approximate surface area is 126 Å². The van der Waals surface area contributed by atoms with E-state index in [2.05, 4.69) is 47.4 Å². The number of nitrogens with one attached hydrogen (secondary N) is 1. The predicted molar refractivity (Wildman–Crippen MR) is 85.6 cm³/mol. The molecule has 1 fully saturated rings. The molecule has 0 saturated heterocycles. The van der Waals surface area contributed by atoms with E-state index < -0.39 is 0 Å². The van der Waals surface area contributed by atoms with E-state index in [-0.39, 0.29) is 0 Å². The minimum absolute atomic E-state index is 0.488. The van der Waals surface area contributed by atoms with Crippen molar-refractivity contribution >= 4 is 5.69 Å². The molecule has 1 aliphatic rings. The van der Waals surface area contributed by atoms with Crippen LogP contribution in [0.1, 0.15) is 46.0 Å². The summed E-state index contributed by atoms with van der Waals surface area (Å²) in [5.41, 5.74) is 2.70. The Morgan fingerprint density at radius 2 is 2.05 bits per heavy atom. The lowest BCUT2D eigenvalue weighted by molar-refractivity contribution is 0.313. The van der Waals surface area contributed by atoms with Crippen molar-refractivity contribution in [3.8, 4) is 5.69 Å². The van der Waals surface area contributed by atoms with Gasteiger partial charge in [-0.2, -0.15) is 5.10 Å². The summed E-state index contributed by atoms with van der Waals surface area (Å²) >= 11 is 0. The monoisotopic (exact) mass is 284 g/mol. The van der Waals surface area contributed by atoms with Crippen LogP contribution < -0.4 is 5.32 Å². The summed E-state index contributed by atoms with van der Waals surface area (Å²) in [5.74, 6) is 0. The second kappa shape index (κ2) is 5.88. The van der Waals surface area contributed by atoms with E-state index in [1.165, 1.54) is 32.1 Å². The van der Waals surface area contributed by atoms with E-state index in [1.54, 1.807) is 12.7 Å². The van der Waals surface area contributed by atoms with E-state index in [9.17, 15) is 0 Å². The van der Waals surface area contributed by atoms with Crippen LogP contribution in [0.2, 0.25) is 0 Å². The number of nitrogens with zero attached hydrogens (tertiary/aromatic N) is 3. The molecular weight excluding hydrogens is 260 g/mol. The zero-order valence-electron chi connectivity index (χ0n) is 12.9. The van der Waals surface area contributed by atoms with Crippen molar-refractivity contribution in [1.29, 1.82) is 0 Å². The van der Waals surface area contributed by atoms with Gasteiger partial charge in [0.2, 0.25) is 0 Å². The van der Waals surface area contributed by atoms with Crippen LogP contribution in [-0.2, 0) is 0 Å². The van der Waals surface area contributed by atoms with Gasteiger partial charge in [0.15, 0.2) is 0 Å². The first kappa shape index (κ1) is 14.1. The predicted octanol–water partition coefficient (Wildman–Crippen LogP) is 4.04. The number of aromatic nitrogens is 3. The average Bonchev–Trinajstić information content (AvgIpc) is 2.93. The van der Waals surface area contributed by atoms with E-state index in [0.29, 0.717) is 11.5 Å². The fraction of sp³-hybridized carbons (Fsp3) is 0.529. The van der Waals surface area contributed by atoms with Gasteiger partial charge in [-0.1, -0.05) is 32.4 Å². The topological polar surface area (TPSA) is 42.7 Å². The summed E-state index contributed by atoms with van der Waals surface area (Å²) in [4.78, 5) is 4.04. The number of benzene rings is 1. The fourth-order valence-corrected chi connectivity index (χ4v) is 3.15.